The number of fused-ring (bicyclic) bond motifs is 1. The molecule has 0 unspecified atom stereocenters. The Labute approximate surface area is 141 Å². The van der Waals surface area contributed by atoms with Crippen molar-refractivity contribution in [2.45, 2.75) is 19.4 Å². The Morgan fingerprint density at radius 2 is 1.88 bits per heavy atom. The number of carbonyl (C=O) groups excluding carboxylic acids is 2. The molecule has 2 heterocycles. The van der Waals surface area contributed by atoms with Crippen LogP contribution in [0.5, 0.6) is 11.5 Å². The molecule has 2 aliphatic rings. The van der Waals surface area contributed by atoms with Crippen LogP contribution >= 0.6 is 0 Å². The number of methoxy groups -OCH3 is 2. The molecule has 1 fully saturated rings. The maximum atomic E-state index is 12.5. The van der Waals surface area contributed by atoms with E-state index in [1.165, 1.54) is 4.90 Å². The Hall–Kier alpha value is -2.44. The first kappa shape index (κ1) is 16.4. The molecular weight excluding hydrogens is 312 g/mol. The van der Waals surface area contributed by atoms with Gasteiger partial charge in [-0.05, 0) is 36.1 Å². The number of nitrogens with zero attached hydrogens (tertiary/aromatic N) is 2. The van der Waals surface area contributed by atoms with Crippen LogP contribution < -0.4 is 9.47 Å². The highest BCUT2D eigenvalue weighted by Crippen LogP contribution is 2.33. The first-order valence-electron chi connectivity index (χ1n) is 8.05. The van der Waals surface area contributed by atoms with Crippen molar-refractivity contribution in [3.8, 4) is 11.5 Å². The van der Waals surface area contributed by atoms with Gasteiger partial charge in [0.2, 0.25) is 5.91 Å². The normalized spacial score (nSPS) is 17.2. The Bertz CT molecular complexity index is 646. The molecule has 0 aromatic heterocycles. The molecule has 2 amide bonds. The molecule has 0 saturated carbocycles. The van der Waals surface area contributed by atoms with Gasteiger partial charge in [0.05, 0.1) is 20.8 Å². The lowest BCUT2D eigenvalue weighted by atomic mass is 9.98. The van der Waals surface area contributed by atoms with Gasteiger partial charge >= 0.3 is 6.09 Å². The van der Waals surface area contributed by atoms with Crippen LogP contribution in [-0.4, -0.2) is 62.3 Å². The van der Waals surface area contributed by atoms with Crippen molar-refractivity contribution in [2.24, 2.45) is 0 Å². The Balaban J connectivity index is 1.70. The van der Waals surface area contributed by atoms with Gasteiger partial charge in [0, 0.05) is 19.6 Å². The fourth-order valence-electron chi connectivity index (χ4n) is 3.10. The molecule has 7 nitrogen and oxygen atoms in total. The molecular formula is C17H22N2O5. The van der Waals surface area contributed by atoms with Crippen molar-refractivity contribution in [3.63, 3.8) is 0 Å². The zero-order valence-electron chi connectivity index (χ0n) is 14.0. The lowest BCUT2D eigenvalue weighted by Gasteiger charge is -2.32. The first-order valence-corrected chi connectivity index (χ1v) is 8.05. The summed E-state index contributed by atoms with van der Waals surface area (Å²) >= 11 is 0. The summed E-state index contributed by atoms with van der Waals surface area (Å²) in [6.45, 7) is 2.21. The summed E-state index contributed by atoms with van der Waals surface area (Å²) in [7, 11) is 3.21. The summed E-state index contributed by atoms with van der Waals surface area (Å²) in [4.78, 5) is 27.4. The third-order valence-corrected chi connectivity index (χ3v) is 4.45. The van der Waals surface area contributed by atoms with Gasteiger partial charge in [0.15, 0.2) is 11.5 Å². The number of hydrogen-bond donors (Lipinski definition) is 0. The van der Waals surface area contributed by atoms with Crippen LogP contribution in [0.3, 0.4) is 0 Å². The van der Waals surface area contributed by atoms with Crippen LogP contribution in [0.2, 0.25) is 0 Å². The van der Waals surface area contributed by atoms with Gasteiger partial charge in [-0.1, -0.05) is 0 Å². The topological polar surface area (TPSA) is 68.3 Å². The van der Waals surface area contributed by atoms with Crippen LogP contribution in [0.1, 0.15) is 17.5 Å². The summed E-state index contributed by atoms with van der Waals surface area (Å²) < 4.78 is 15.6. The van der Waals surface area contributed by atoms with Gasteiger partial charge in [-0.2, -0.15) is 0 Å². The highest BCUT2D eigenvalue weighted by Gasteiger charge is 2.27. The third kappa shape index (κ3) is 3.25. The summed E-state index contributed by atoms with van der Waals surface area (Å²) in [5.74, 6) is 1.30. The maximum absolute atomic E-state index is 12.5. The van der Waals surface area contributed by atoms with E-state index in [9.17, 15) is 9.59 Å². The van der Waals surface area contributed by atoms with E-state index in [2.05, 4.69) is 0 Å². The quantitative estimate of drug-likeness (QED) is 0.833. The van der Waals surface area contributed by atoms with Crippen molar-refractivity contribution < 1.29 is 23.8 Å². The summed E-state index contributed by atoms with van der Waals surface area (Å²) in [6.07, 6.45) is 1.11. The monoisotopic (exact) mass is 334 g/mol. The van der Waals surface area contributed by atoms with E-state index in [0.717, 1.165) is 24.0 Å². The second kappa shape index (κ2) is 6.98. The molecule has 1 saturated heterocycles. The zero-order valence-corrected chi connectivity index (χ0v) is 14.0. The van der Waals surface area contributed by atoms with Gasteiger partial charge in [0.1, 0.15) is 6.54 Å². The molecule has 2 aliphatic heterocycles. The largest absolute Gasteiger partial charge is 0.493 e. The lowest BCUT2D eigenvalue weighted by Crippen LogP contribution is -2.46. The van der Waals surface area contributed by atoms with Crippen LogP contribution in [0.25, 0.3) is 0 Å². The molecule has 24 heavy (non-hydrogen) atoms. The van der Waals surface area contributed by atoms with Gasteiger partial charge in [-0.15, -0.1) is 0 Å². The highest BCUT2D eigenvalue weighted by atomic mass is 16.6. The Morgan fingerprint density at radius 3 is 2.54 bits per heavy atom. The van der Waals surface area contributed by atoms with E-state index in [0.29, 0.717) is 37.7 Å². The van der Waals surface area contributed by atoms with Crippen molar-refractivity contribution >= 4 is 12.0 Å². The number of benzene rings is 1. The molecule has 0 bridgehead atoms. The van der Waals surface area contributed by atoms with E-state index in [-0.39, 0.29) is 12.5 Å². The van der Waals surface area contributed by atoms with E-state index in [4.69, 9.17) is 14.2 Å². The van der Waals surface area contributed by atoms with E-state index in [1.54, 1.807) is 19.1 Å². The molecule has 7 heteroatoms. The van der Waals surface area contributed by atoms with E-state index in [1.807, 2.05) is 12.1 Å². The van der Waals surface area contributed by atoms with Crippen LogP contribution in [-0.2, 0) is 22.5 Å². The van der Waals surface area contributed by atoms with Crippen LogP contribution in [0, 0.1) is 0 Å². The predicted molar refractivity (Wildman–Crippen MR) is 86.2 cm³/mol. The lowest BCUT2D eigenvalue weighted by molar-refractivity contribution is -0.133. The standard InChI is InChI=1S/C17H22N2O5/c1-22-14-8-12-4-6-18(10-13(12)9-15(14)23-2)16(20)11-19-5-3-7-24-17(19)21/h8-9H,3-7,10-11H2,1-2H3. The van der Waals surface area contributed by atoms with Gasteiger partial charge < -0.3 is 19.1 Å². The summed E-state index contributed by atoms with van der Waals surface area (Å²) in [6, 6.07) is 3.89. The highest BCUT2D eigenvalue weighted by molar-refractivity contribution is 5.82. The minimum absolute atomic E-state index is 0.0608. The maximum Gasteiger partial charge on any atom is 0.410 e. The molecule has 1 aromatic carbocycles. The van der Waals surface area contributed by atoms with Gasteiger partial charge in [-0.3, -0.25) is 9.69 Å². The zero-order chi connectivity index (χ0) is 17.1. The molecule has 0 radical (unpaired) electrons. The molecule has 0 aliphatic carbocycles. The molecule has 0 spiro atoms. The van der Waals surface area contributed by atoms with Crippen molar-refractivity contribution in [3.05, 3.63) is 23.3 Å². The number of rotatable bonds is 4. The Kier molecular flexibility index (Phi) is 4.78. The van der Waals surface area contributed by atoms with Crippen molar-refractivity contribution in [2.75, 3.05) is 40.5 Å². The van der Waals surface area contributed by atoms with Gasteiger partial charge in [-0.25, -0.2) is 4.79 Å². The minimum Gasteiger partial charge on any atom is -0.493 e. The molecule has 130 valence electrons. The minimum atomic E-state index is -0.404. The number of cyclic esters (lactones) is 1. The second-order valence-corrected chi connectivity index (χ2v) is 5.93. The predicted octanol–water partition coefficient (Wildman–Crippen LogP) is 1.43. The van der Waals surface area contributed by atoms with Crippen molar-refractivity contribution in [1.29, 1.82) is 0 Å². The number of ether oxygens (including phenoxy) is 3. The van der Waals surface area contributed by atoms with Crippen molar-refractivity contribution in [1.82, 2.24) is 9.80 Å². The van der Waals surface area contributed by atoms with Gasteiger partial charge in [0.25, 0.3) is 0 Å². The fourth-order valence-corrected chi connectivity index (χ4v) is 3.10. The SMILES string of the molecule is COc1cc2c(cc1OC)CN(C(=O)CN1CCCOC1=O)CC2. The molecule has 0 atom stereocenters. The average molecular weight is 334 g/mol. The molecule has 0 N–H and O–H groups in total. The fraction of sp³-hybridized carbons (Fsp3) is 0.529. The molecule has 3 rings (SSSR count). The number of amides is 2. The number of carbonyl (C=O) groups is 2. The first-order chi connectivity index (χ1) is 11.6. The second-order valence-electron chi connectivity index (χ2n) is 5.93. The smallest absolute Gasteiger partial charge is 0.410 e. The van der Waals surface area contributed by atoms with Crippen LogP contribution in [0.4, 0.5) is 4.79 Å². The van der Waals surface area contributed by atoms with Crippen LogP contribution in [0.15, 0.2) is 12.1 Å². The van der Waals surface area contributed by atoms with E-state index >= 15 is 0 Å². The summed E-state index contributed by atoms with van der Waals surface area (Å²) in [5, 5.41) is 0. The Morgan fingerprint density at radius 1 is 1.17 bits per heavy atom. The third-order valence-electron chi connectivity index (χ3n) is 4.45. The van der Waals surface area contributed by atoms with E-state index < -0.39 is 6.09 Å². The summed E-state index contributed by atoms with van der Waals surface area (Å²) in [5.41, 5.74) is 2.21. The average Bonchev–Trinajstić information content (AvgIpc) is 2.61. The number of hydrogen-bond acceptors (Lipinski definition) is 5. The molecule has 1 aromatic rings.